The second-order valence-electron chi connectivity index (χ2n) is 8.40. The van der Waals surface area contributed by atoms with Crippen LogP contribution < -0.4 is 10.0 Å². The summed E-state index contributed by atoms with van der Waals surface area (Å²) in [5, 5.41) is 2.77. The normalized spacial score (nSPS) is 18.1. The lowest BCUT2D eigenvalue weighted by Gasteiger charge is -2.27. The molecule has 5 nitrogen and oxygen atoms in total. The zero-order valence-corrected chi connectivity index (χ0v) is 18.7. The molecule has 2 atom stereocenters. The number of nitrogens with zero attached hydrogens (tertiary/aromatic N) is 1. The molecular formula is C21H27ClFN3O2S. The summed E-state index contributed by atoms with van der Waals surface area (Å²) in [5.74, 6) is -0.799. The Hall–Kier alpha value is -1.54. The highest BCUT2D eigenvalue weighted by Crippen LogP contribution is 2.34. The number of carbonyl (C=O) groups is 1. The van der Waals surface area contributed by atoms with Crippen LogP contribution in [-0.4, -0.2) is 19.8 Å². The minimum Gasteiger partial charge on any atom is -0.598 e. The average Bonchev–Trinajstić information content (AvgIpc) is 2.84. The summed E-state index contributed by atoms with van der Waals surface area (Å²) in [6.07, 6.45) is 5.55. The van der Waals surface area contributed by atoms with Gasteiger partial charge in [-0.15, -0.1) is 4.72 Å². The molecular weight excluding hydrogens is 413 g/mol. The molecule has 3 rings (SSSR count). The second kappa shape index (κ2) is 8.68. The Kier molecular flexibility index (Phi) is 6.63. The van der Waals surface area contributed by atoms with E-state index in [2.05, 4.69) is 10.0 Å². The molecule has 1 amide bonds. The molecule has 158 valence electrons. The van der Waals surface area contributed by atoms with Gasteiger partial charge >= 0.3 is 0 Å². The number of hydrogen-bond donors (Lipinski definition) is 2. The fourth-order valence-corrected chi connectivity index (χ4v) is 4.60. The van der Waals surface area contributed by atoms with Crippen LogP contribution in [0.15, 0.2) is 24.4 Å². The molecule has 0 saturated heterocycles. The highest BCUT2D eigenvalue weighted by Gasteiger charge is 2.33. The molecule has 29 heavy (non-hydrogen) atoms. The Morgan fingerprint density at radius 1 is 1.34 bits per heavy atom. The van der Waals surface area contributed by atoms with Crippen molar-refractivity contribution in [3.8, 4) is 0 Å². The van der Waals surface area contributed by atoms with Crippen LogP contribution in [0.2, 0.25) is 5.02 Å². The molecule has 2 aromatic rings. The molecule has 2 N–H and O–H groups in total. The first kappa shape index (κ1) is 22.2. The molecule has 0 fully saturated rings. The van der Waals surface area contributed by atoms with E-state index in [1.54, 1.807) is 0 Å². The largest absolute Gasteiger partial charge is 0.598 e. The van der Waals surface area contributed by atoms with E-state index in [0.29, 0.717) is 11.4 Å². The molecule has 0 spiro atoms. The number of benzene rings is 1. The van der Waals surface area contributed by atoms with Gasteiger partial charge < -0.3 is 14.4 Å². The minimum atomic E-state index is -1.20. The first-order chi connectivity index (χ1) is 13.6. The Bertz CT molecular complexity index is 910. The summed E-state index contributed by atoms with van der Waals surface area (Å²) in [7, 11) is 1.83. The van der Waals surface area contributed by atoms with Crippen LogP contribution in [0.5, 0.6) is 0 Å². The van der Waals surface area contributed by atoms with Gasteiger partial charge in [-0.2, -0.15) is 0 Å². The third-order valence-electron chi connectivity index (χ3n) is 5.06. The van der Waals surface area contributed by atoms with Crippen molar-refractivity contribution >= 4 is 34.6 Å². The van der Waals surface area contributed by atoms with Gasteiger partial charge in [0, 0.05) is 30.3 Å². The fraction of sp³-hybridized carbons (Fsp3) is 0.476. The zero-order valence-electron chi connectivity index (χ0n) is 17.1. The molecule has 0 radical (unpaired) electrons. The van der Waals surface area contributed by atoms with E-state index < -0.39 is 17.2 Å². The molecule has 8 heteroatoms. The van der Waals surface area contributed by atoms with Gasteiger partial charge in [-0.1, -0.05) is 18.0 Å². The van der Waals surface area contributed by atoms with Crippen molar-refractivity contribution in [2.45, 2.75) is 57.2 Å². The fourth-order valence-electron chi connectivity index (χ4n) is 3.56. The molecule has 0 bridgehead atoms. The highest BCUT2D eigenvalue weighted by atomic mass is 35.5. The molecule has 1 aromatic heterocycles. The standard InChI is InChI=1S/C21H27ClFN3O2S/c1-21(2,3)29(28)25-18-8-6-5-7-14-15(18)12-26(4)19(14)20(27)24-13-9-10-17(23)16(22)11-13/h9-12,18,25H,5-8H2,1-4H3,(H,24,27)/t18-,29-/m1/s1. The van der Waals surface area contributed by atoms with E-state index in [1.165, 1.54) is 18.2 Å². The lowest BCUT2D eigenvalue weighted by atomic mass is 10.0. The lowest BCUT2D eigenvalue weighted by molar-refractivity contribution is 0.101. The van der Waals surface area contributed by atoms with E-state index in [-0.39, 0.29) is 21.7 Å². The second-order valence-corrected chi connectivity index (χ2v) is 10.8. The molecule has 0 saturated carbocycles. The predicted octanol–water partition coefficient (Wildman–Crippen LogP) is 4.89. The average molecular weight is 440 g/mol. The summed E-state index contributed by atoms with van der Waals surface area (Å²) >= 11 is 4.62. The third kappa shape index (κ3) is 4.97. The van der Waals surface area contributed by atoms with E-state index in [4.69, 9.17) is 11.6 Å². The Balaban J connectivity index is 1.89. The minimum absolute atomic E-state index is 0.0394. The number of aryl methyl sites for hydroxylation is 1. The van der Waals surface area contributed by atoms with Crippen molar-refractivity contribution in [3.63, 3.8) is 0 Å². The molecule has 1 aliphatic carbocycles. The third-order valence-corrected chi connectivity index (χ3v) is 6.96. The van der Waals surface area contributed by atoms with Crippen LogP contribution in [0.1, 0.15) is 67.7 Å². The van der Waals surface area contributed by atoms with E-state index in [9.17, 15) is 13.7 Å². The summed E-state index contributed by atoms with van der Waals surface area (Å²) in [6.45, 7) is 5.81. The number of hydrogen-bond acceptors (Lipinski definition) is 3. The van der Waals surface area contributed by atoms with Crippen LogP contribution in [0.3, 0.4) is 0 Å². The van der Waals surface area contributed by atoms with Crippen molar-refractivity contribution < 1.29 is 13.7 Å². The lowest BCUT2D eigenvalue weighted by Crippen LogP contribution is -2.41. The van der Waals surface area contributed by atoms with E-state index >= 15 is 0 Å². The number of rotatable bonds is 4. The van der Waals surface area contributed by atoms with E-state index in [1.807, 2.05) is 38.6 Å². The van der Waals surface area contributed by atoms with Crippen LogP contribution in [-0.2, 0) is 24.8 Å². The monoisotopic (exact) mass is 439 g/mol. The Morgan fingerprint density at radius 3 is 2.72 bits per heavy atom. The SMILES string of the molecule is Cn1cc2c(c1C(=O)Nc1ccc(F)c(Cl)c1)CCCC[C@H]2N[S@+]([O-])C(C)(C)C. The van der Waals surface area contributed by atoms with E-state index in [0.717, 1.165) is 36.8 Å². The van der Waals surface area contributed by atoms with Crippen molar-refractivity contribution in [1.82, 2.24) is 9.29 Å². The van der Waals surface area contributed by atoms with Crippen LogP contribution in [0.4, 0.5) is 10.1 Å². The number of halogens is 2. The summed E-state index contributed by atoms with van der Waals surface area (Å²) in [4.78, 5) is 13.0. The predicted molar refractivity (Wildman–Crippen MR) is 116 cm³/mol. The van der Waals surface area contributed by atoms with Gasteiger partial charge in [-0.05, 0) is 69.4 Å². The van der Waals surface area contributed by atoms with Gasteiger partial charge in [-0.3, -0.25) is 4.79 Å². The van der Waals surface area contributed by atoms with Gasteiger partial charge in [-0.25, -0.2) is 4.39 Å². The van der Waals surface area contributed by atoms with Crippen LogP contribution in [0, 0.1) is 5.82 Å². The molecule has 0 unspecified atom stereocenters. The van der Waals surface area contributed by atoms with Gasteiger partial charge in [0.2, 0.25) is 0 Å². The highest BCUT2D eigenvalue weighted by molar-refractivity contribution is 7.90. The zero-order chi connectivity index (χ0) is 21.3. The summed E-state index contributed by atoms with van der Waals surface area (Å²) < 4.78 is 30.8. The maximum Gasteiger partial charge on any atom is 0.272 e. The first-order valence-electron chi connectivity index (χ1n) is 9.70. The number of aromatic nitrogens is 1. The van der Waals surface area contributed by atoms with Crippen LogP contribution in [0.25, 0.3) is 0 Å². The number of fused-ring (bicyclic) bond motifs is 1. The quantitative estimate of drug-likeness (QED) is 0.526. The molecule has 1 aliphatic rings. The maximum absolute atomic E-state index is 13.4. The van der Waals surface area contributed by atoms with Gasteiger partial charge in [0.1, 0.15) is 16.3 Å². The topological polar surface area (TPSA) is 69.1 Å². The van der Waals surface area contributed by atoms with Gasteiger partial charge in [0.05, 0.1) is 11.1 Å². The van der Waals surface area contributed by atoms with Crippen molar-refractivity contribution in [1.29, 1.82) is 0 Å². The summed E-state index contributed by atoms with van der Waals surface area (Å²) in [6, 6.07) is 4.04. The van der Waals surface area contributed by atoms with Crippen molar-refractivity contribution in [2.24, 2.45) is 7.05 Å². The van der Waals surface area contributed by atoms with Crippen molar-refractivity contribution in [2.75, 3.05) is 5.32 Å². The smallest absolute Gasteiger partial charge is 0.272 e. The number of carbonyl (C=O) groups excluding carboxylic acids is 1. The Labute approximate surface area is 179 Å². The summed E-state index contributed by atoms with van der Waals surface area (Å²) in [5.41, 5.74) is 2.99. The van der Waals surface area contributed by atoms with Gasteiger partial charge in [0.25, 0.3) is 5.91 Å². The number of nitrogens with one attached hydrogen (secondary N) is 2. The number of anilines is 1. The molecule has 1 heterocycles. The van der Waals surface area contributed by atoms with Crippen LogP contribution >= 0.6 is 11.6 Å². The number of amides is 1. The Morgan fingerprint density at radius 2 is 2.07 bits per heavy atom. The van der Waals surface area contributed by atoms with Crippen molar-refractivity contribution in [3.05, 3.63) is 52.1 Å². The van der Waals surface area contributed by atoms with Gasteiger partial charge in [0.15, 0.2) is 0 Å². The maximum atomic E-state index is 13.4. The first-order valence-corrected chi connectivity index (χ1v) is 11.2. The molecule has 1 aromatic carbocycles. The molecule has 0 aliphatic heterocycles.